The molecule has 1 saturated heterocycles. The Hall–Kier alpha value is -4.37. The lowest BCUT2D eigenvalue weighted by Crippen LogP contribution is -2.58. The zero-order valence-corrected chi connectivity index (χ0v) is 25.1. The SMILES string of the molecule is COc1c(C=C2[C@H]3c4c(c(OC)c(C)c(OC)c4OC)C[C@@H](C(=O)N2Cc2ccccc2)N3C)cc2c(c1C)OCO2. The highest BCUT2D eigenvalue weighted by molar-refractivity contribution is 5.89. The third-order valence-corrected chi connectivity index (χ3v) is 8.62. The van der Waals surface area contributed by atoms with Gasteiger partial charge in [-0.05, 0) is 38.6 Å². The van der Waals surface area contributed by atoms with Crippen molar-refractivity contribution in [2.45, 2.75) is 38.9 Å². The van der Waals surface area contributed by atoms with Crippen molar-refractivity contribution in [1.29, 1.82) is 0 Å². The highest BCUT2D eigenvalue weighted by Gasteiger charge is 2.50. The molecule has 42 heavy (non-hydrogen) atoms. The Morgan fingerprint density at radius 3 is 2.26 bits per heavy atom. The first-order chi connectivity index (χ1) is 20.3. The third-order valence-electron chi connectivity index (χ3n) is 8.62. The molecule has 3 aromatic carbocycles. The van der Waals surface area contributed by atoms with Gasteiger partial charge >= 0.3 is 0 Å². The number of ether oxygens (including phenoxy) is 6. The monoisotopic (exact) mass is 572 g/mol. The summed E-state index contributed by atoms with van der Waals surface area (Å²) in [6, 6.07) is 11.2. The molecule has 6 rings (SSSR count). The topological polar surface area (TPSA) is 78.9 Å². The average Bonchev–Trinajstić information content (AvgIpc) is 3.47. The highest BCUT2D eigenvalue weighted by Crippen LogP contribution is 2.55. The summed E-state index contributed by atoms with van der Waals surface area (Å²) in [5.41, 5.74) is 6.14. The van der Waals surface area contributed by atoms with Crippen molar-refractivity contribution in [3.05, 3.63) is 75.5 Å². The number of amides is 1. The lowest BCUT2D eigenvalue weighted by atomic mass is 9.80. The Labute approximate surface area is 246 Å². The third kappa shape index (κ3) is 4.14. The van der Waals surface area contributed by atoms with Crippen molar-refractivity contribution in [2.75, 3.05) is 42.3 Å². The van der Waals surface area contributed by atoms with Crippen LogP contribution in [0, 0.1) is 13.8 Å². The molecule has 2 atom stereocenters. The van der Waals surface area contributed by atoms with Crippen LogP contribution in [0.4, 0.5) is 0 Å². The Balaban J connectivity index is 1.65. The van der Waals surface area contributed by atoms with Crippen molar-refractivity contribution in [2.24, 2.45) is 0 Å². The largest absolute Gasteiger partial charge is 0.496 e. The molecular weight excluding hydrogens is 536 g/mol. The summed E-state index contributed by atoms with van der Waals surface area (Å²) in [4.78, 5) is 18.4. The summed E-state index contributed by atoms with van der Waals surface area (Å²) in [7, 11) is 8.57. The number of hydrogen-bond donors (Lipinski definition) is 0. The molecule has 0 aromatic heterocycles. The summed E-state index contributed by atoms with van der Waals surface area (Å²) in [5, 5.41) is 0. The van der Waals surface area contributed by atoms with Crippen LogP contribution >= 0.6 is 0 Å². The molecule has 1 amide bonds. The molecule has 0 aliphatic carbocycles. The van der Waals surface area contributed by atoms with Gasteiger partial charge in [0, 0.05) is 39.9 Å². The first kappa shape index (κ1) is 27.8. The van der Waals surface area contributed by atoms with E-state index in [1.165, 1.54) is 0 Å². The van der Waals surface area contributed by atoms with Crippen LogP contribution in [0.1, 0.15) is 39.4 Å². The molecule has 9 heteroatoms. The van der Waals surface area contributed by atoms with E-state index in [2.05, 4.69) is 4.90 Å². The lowest BCUT2D eigenvalue weighted by Gasteiger charge is -2.50. The molecule has 3 aliphatic rings. The smallest absolute Gasteiger partial charge is 0.244 e. The molecule has 0 saturated carbocycles. The van der Waals surface area contributed by atoms with Crippen LogP contribution in [0.5, 0.6) is 34.5 Å². The van der Waals surface area contributed by atoms with E-state index in [0.717, 1.165) is 39.1 Å². The normalized spacial score (nSPS) is 20.0. The fourth-order valence-corrected chi connectivity index (χ4v) is 6.74. The number of nitrogens with zero attached hydrogens (tertiary/aromatic N) is 2. The molecule has 9 nitrogen and oxygen atoms in total. The molecule has 0 radical (unpaired) electrons. The van der Waals surface area contributed by atoms with Crippen molar-refractivity contribution in [3.63, 3.8) is 0 Å². The predicted molar refractivity (Wildman–Crippen MR) is 158 cm³/mol. The molecule has 0 spiro atoms. The van der Waals surface area contributed by atoms with Gasteiger partial charge in [-0.15, -0.1) is 0 Å². The summed E-state index contributed by atoms with van der Waals surface area (Å²) >= 11 is 0. The molecule has 0 unspecified atom stereocenters. The van der Waals surface area contributed by atoms with E-state index in [1.54, 1.807) is 28.4 Å². The molecular formula is C33H36N2O7. The van der Waals surface area contributed by atoms with E-state index in [1.807, 2.05) is 68.3 Å². The summed E-state index contributed by atoms with van der Waals surface area (Å²) in [6.45, 7) is 4.46. The number of likely N-dealkylation sites (N-methyl/N-ethyl adjacent to an activating group) is 1. The summed E-state index contributed by atoms with van der Waals surface area (Å²) in [5.74, 6) is 3.94. The van der Waals surface area contributed by atoms with Gasteiger partial charge in [-0.1, -0.05) is 30.3 Å². The molecule has 2 bridgehead atoms. The van der Waals surface area contributed by atoms with E-state index in [0.29, 0.717) is 47.5 Å². The van der Waals surface area contributed by atoms with Crippen LogP contribution < -0.4 is 28.4 Å². The van der Waals surface area contributed by atoms with Crippen LogP contribution in [0.15, 0.2) is 42.1 Å². The minimum atomic E-state index is -0.393. The van der Waals surface area contributed by atoms with E-state index in [9.17, 15) is 4.79 Å². The average molecular weight is 573 g/mol. The second kappa shape index (κ2) is 10.8. The number of methoxy groups -OCH3 is 4. The van der Waals surface area contributed by atoms with Crippen molar-refractivity contribution < 1.29 is 33.2 Å². The summed E-state index contributed by atoms with van der Waals surface area (Å²) < 4.78 is 35.3. The Morgan fingerprint density at radius 1 is 0.905 bits per heavy atom. The maximum Gasteiger partial charge on any atom is 0.244 e. The quantitative estimate of drug-likeness (QED) is 0.390. The van der Waals surface area contributed by atoms with E-state index in [-0.39, 0.29) is 18.7 Å². The van der Waals surface area contributed by atoms with Crippen LogP contribution in [0.2, 0.25) is 0 Å². The number of fused-ring (bicyclic) bond motifs is 5. The van der Waals surface area contributed by atoms with Gasteiger partial charge < -0.3 is 33.3 Å². The Bertz CT molecular complexity index is 1580. The van der Waals surface area contributed by atoms with Gasteiger partial charge in [0.15, 0.2) is 23.0 Å². The molecule has 3 aromatic rings. The van der Waals surface area contributed by atoms with E-state index < -0.39 is 6.04 Å². The standard InChI is InChI=1S/C33H36N2O7/c1-18-28(37-4)21(14-25-30(18)42-17-41-25)13-23-27-26-22(29(38-5)19(2)31(39-6)32(26)40-7)15-24(34(27)3)33(36)35(23)16-20-11-9-8-10-12-20/h8-14,24,27H,15-17H2,1-7H3/t24-,27-/m0/s1. The molecule has 0 N–H and O–H groups in total. The number of carbonyl (C=O) groups is 1. The van der Waals surface area contributed by atoms with Crippen LogP contribution in [-0.4, -0.2) is 64.0 Å². The molecule has 3 heterocycles. The van der Waals surface area contributed by atoms with E-state index in [4.69, 9.17) is 28.4 Å². The Morgan fingerprint density at radius 2 is 1.60 bits per heavy atom. The highest BCUT2D eigenvalue weighted by atomic mass is 16.7. The van der Waals surface area contributed by atoms with Gasteiger partial charge in [0.2, 0.25) is 12.7 Å². The van der Waals surface area contributed by atoms with Gasteiger partial charge in [0.1, 0.15) is 11.5 Å². The number of hydrogen-bond acceptors (Lipinski definition) is 8. The zero-order chi connectivity index (χ0) is 29.7. The van der Waals surface area contributed by atoms with Crippen molar-refractivity contribution in [1.82, 2.24) is 9.80 Å². The second-order valence-electron chi connectivity index (χ2n) is 10.7. The number of benzene rings is 3. The predicted octanol–water partition coefficient (Wildman–Crippen LogP) is 5.05. The second-order valence-corrected chi connectivity index (χ2v) is 10.7. The Kier molecular flexibility index (Phi) is 7.14. The number of carbonyl (C=O) groups excluding carboxylic acids is 1. The lowest BCUT2D eigenvalue weighted by molar-refractivity contribution is -0.141. The first-order valence-electron chi connectivity index (χ1n) is 13.9. The van der Waals surface area contributed by atoms with Gasteiger partial charge in [0.05, 0.1) is 47.1 Å². The first-order valence-corrected chi connectivity index (χ1v) is 13.9. The van der Waals surface area contributed by atoms with Crippen molar-refractivity contribution >= 4 is 12.0 Å². The van der Waals surface area contributed by atoms with Crippen LogP contribution in [0.25, 0.3) is 6.08 Å². The van der Waals surface area contributed by atoms with Gasteiger partial charge in [0.25, 0.3) is 0 Å². The van der Waals surface area contributed by atoms with Gasteiger partial charge in [-0.2, -0.15) is 0 Å². The zero-order valence-electron chi connectivity index (χ0n) is 25.1. The minimum absolute atomic E-state index is 0.0143. The molecule has 220 valence electrons. The maximum atomic E-state index is 14.4. The maximum absolute atomic E-state index is 14.4. The van der Waals surface area contributed by atoms with Crippen LogP contribution in [0.3, 0.4) is 0 Å². The fourth-order valence-electron chi connectivity index (χ4n) is 6.74. The van der Waals surface area contributed by atoms with Crippen LogP contribution in [-0.2, 0) is 17.8 Å². The molecule has 1 fully saturated rings. The summed E-state index contributed by atoms with van der Waals surface area (Å²) in [6.07, 6.45) is 2.51. The number of rotatable bonds is 7. The number of piperazine rings is 1. The molecule has 3 aliphatic heterocycles. The fraction of sp³-hybridized carbons (Fsp3) is 0.364. The van der Waals surface area contributed by atoms with Crippen molar-refractivity contribution in [3.8, 4) is 34.5 Å². The van der Waals surface area contributed by atoms with Gasteiger partial charge in [-0.3, -0.25) is 9.69 Å². The van der Waals surface area contributed by atoms with Gasteiger partial charge in [-0.25, -0.2) is 0 Å². The minimum Gasteiger partial charge on any atom is -0.496 e. The van der Waals surface area contributed by atoms with E-state index >= 15 is 0 Å².